The monoisotopic (exact) mass is 618 g/mol. The van der Waals surface area contributed by atoms with Crippen molar-refractivity contribution >= 4 is 29.7 Å². The van der Waals surface area contributed by atoms with Crippen LogP contribution >= 0.6 is 17.9 Å². The summed E-state index contributed by atoms with van der Waals surface area (Å²) >= 11 is 10.2. The van der Waals surface area contributed by atoms with Gasteiger partial charge in [-0.3, -0.25) is 0 Å². The standard InChI is InChI=1S/C36H59O2PS2/c1-3-5-7-9-11-13-15-17-19-21-23-33-25-29-35(30-26-33)37-39(40,41)38-36-31-27-34(28-32-36)24-22-20-18-16-14-12-10-8-6-4-2/h25-32H,3-24H2,1-2H3,(H,40,41). The van der Waals surface area contributed by atoms with Crippen molar-refractivity contribution < 1.29 is 9.05 Å². The summed E-state index contributed by atoms with van der Waals surface area (Å²) in [7, 11) is 0. The Kier molecular flexibility index (Phi) is 20.8. The Labute approximate surface area is 264 Å². The van der Waals surface area contributed by atoms with E-state index in [0.717, 1.165) is 24.3 Å². The van der Waals surface area contributed by atoms with Crippen molar-refractivity contribution in [2.45, 2.75) is 155 Å². The van der Waals surface area contributed by atoms with Crippen molar-refractivity contribution in [2.24, 2.45) is 0 Å². The van der Waals surface area contributed by atoms with Crippen LogP contribution in [0.5, 0.6) is 11.5 Å². The molecule has 0 atom stereocenters. The number of thiol groups is 1. The smallest absolute Gasteiger partial charge is 0.345 e. The zero-order chi connectivity index (χ0) is 29.4. The zero-order valence-electron chi connectivity index (χ0n) is 26.3. The minimum absolute atomic E-state index is 0.729. The number of benzene rings is 2. The highest BCUT2D eigenvalue weighted by atomic mass is 32.9. The second-order valence-electron chi connectivity index (χ2n) is 11.8. The van der Waals surface area contributed by atoms with E-state index in [4.69, 9.17) is 20.9 Å². The van der Waals surface area contributed by atoms with Gasteiger partial charge in [0.2, 0.25) is 0 Å². The molecule has 2 nitrogen and oxygen atoms in total. The normalized spacial score (nSPS) is 11.6. The van der Waals surface area contributed by atoms with Gasteiger partial charge in [0.05, 0.1) is 0 Å². The summed E-state index contributed by atoms with van der Waals surface area (Å²) in [4.78, 5) is 0. The number of hydrogen-bond acceptors (Lipinski definition) is 3. The van der Waals surface area contributed by atoms with Gasteiger partial charge in [-0.1, -0.05) is 166 Å². The van der Waals surface area contributed by atoms with E-state index in [1.165, 1.54) is 140 Å². The molecule has 41 heavy (non-hydrogen) atoms. The first kappa shape index (κ1) is 36.2. The second-order valence-corrected chi connectivity index (χ2v) is 16.9. The number of hydrogen-bond donors (Lipinski definition) is 1. The van der Waals surface area contributed by atoms with Gasteiger partial charge >= 0.3 is 5.69 Å². The number of unbranched alkanes of at least 4 members (excludes halogenated alkanes) is 18. The van der Waals surface area contributed by atoms with Gasteiger partial charge in [0.15, 0.2) is 0 Å². The Hall–Kier alpha value is -0.960. The fraction of sp³-hybridized carbons (Fsp3) is 0.667. The molecule has 232 valence electrons. The predicted molar refractivity (Wildman–Crippen MR) is 189 cm³/mol. The topological polar surface area (TPSA) is 18.5 Å². The molecule has 0 heterocycles. The van der Waals surface area contributed by atoms with Crippen LogP contribution in [0.25, 0.3) is 0 Å². The van der Waals surface area contributed by atoms with E-state index < -0.39 is 5.69 Å². The third-order valence-electron chi connectivity index (χ3n) is 7.93. The highest BCUT2D eigenvalue weighted by Gasteiger charge is 2.17. The van der Waals surface area contributed by atoms with Crippen LogP contribution in [0.2, 0.25) is 0 Å². The summed E-state index contributed by atoms with van der Waals surface area (Å²) in [6, 6.07) is 16.6. The van der Waals surface area contributed by atoms with Crippen molar-refractivity contribution in [1.29, 1.82) is 0 Å². The molecule has 0 aliphatic carbocycles. The lowest BCUT2D eigenvalue weighted by atomic mass is 10.0. The maximum absolute atomic E-state index is 6.00. The summed E-state index contributed by atoms with van der Waals surface area (Å²) in [6.07, 6.45) is 29.6. The Morgan fingerprint density at radius 3 is 1.02 bits per heavy atom. The number of aryl methyl sites for hydroxylation is 2. The minimum Gasteiger partial charge on any atom is -0.428 e. The van der Waals surface area contributed by atoms with Crippen LogP contribution in [0, 0.1) is 0 Å². The van der Waals surface area contributed by atoms with E-state index in [2.05, 4.69) is 50.4 Å². The van der Waals surface area contributed by atoms with Crippen LogP contribution in [-0.4, -0.2) is 0 Å². The van der Waals surface area contributed by atoms with Gasteiger partial charge in [-0.15, -0.1) is 0 Å². The molecule has 0 N–H and O–H groups in total. The maximum Gasteiger partial charge on any atom is 0.345 e. The van der Waals surface area contributed by atoms with Crippen LogP contribution in [-0.2, 0) is 24.6 Å². The first-order chi connectivity index (χ1) is 20.0. The molecule has 0 unspecified atom stereocenters. The van der Waals surface area contributed by atoms with Crippen LogP contribution in [0.15, 0.2) is 48.5 Å². The molecule has 0 aromatic heterocycles. The van der Waals surface area contributed by atoms with Crippen molar-refractivity contribution in [3.63, 3.8) is 0 Å². The van der Waals surface area contributed by atoms with Crippen LogP contribution in [0.4, 0.5) is 0 Å². The van der Waals surface area contributed by atoms with Gasteiger partial charge in [-0.05, 0) is 72.9 Å². The van der Waals surface area contributed by atoms with Crippen molar-refractivity contribution in [1.82, 2.24) is 0 Å². The van der Waals surface area contributed by atoms with Gasteiger partial charge in [0.1, 0.15) is 11.5 Å². The van der Waals surface area contributed by atoms with Crippen molar-refractivity contribution in [3.8, 4) is 11.5 Å². The molecule has 0 aliphatic heterocycles. The lowest BCUT2D eigenvalue weighted by Crippen LogP contribution is -1.96. The van der Waals surface area contributed by atoms with Gasteiger partial charge in [-0.2, -0.15) is 0 Å². The third kappa shape index (κ3) is 19.0. The van der Waals surface area contributed by atoms with Crippen LogP contribution in [0.1, 0.15) is 153 Å². The molecule has 0 spiro atoms. The summed E-state index contributed by atoms with van der Waals surface area (Å²) in [5.41, 5.74) is -0.0308. The summed E-state index contributed by atoms with van der Waals surface area (Å²) in [5, 5.41) is 0. The fourth-order valence-electron chi connectivity index (χ4n) is 5.35. The molecule has 0 saturated carbocycles. The van der Waals surface area contributed by atoms with Crippen LogP contribution < -0.4 is 9.05 Å². The molecule has 0 saturated heterocycles. The Morgan fingerprint density at radius 2 is 0.732 bits per heavy atom. The fourth-order valence-corrected chi connectivity index (χ4v) is 7.25. The second kappa shape index (κ2) is 23.5. The molecule has 2 aromatic carbocycles. The molecule has 0 bridgehead atoms. The van der Waals surface area contributed by atoms with E-state index in [0.29, 0.717) is 0 Å². The summed E-state index contributed by atoms with van der Waals surface area (Å²) in [6.45, 7) is 4.56. The van der Waals surface area contributed by atoms with Gasteiger partial charge in [-0.25, -0.2) is 0 Å². The maximum atomic E-state index is 6.00. The van der Waals surface area contributed by atoms with E-state index in [9.17, 15) is 0 Å². The largest absolute Gasteiger partial charge is 0.428 e. The van der Waals surface area contributed by atoms with E-state index in [1.807, 2.05) is 24.3 Å². The molecule has 2 rings (SSSR count). The molecular weight excluding hydrogens is 560 g/mol. The Morgan fingerprint density at radius 1 is 0.463 bits per heavy atom. The minimum atomic E-state index is -2.73. The van der Waals surface area contributed by atoms with E-state index in [-0.39, 0.29) is 0 Å². The third-order valence-corrected chi connectivity index (χ3v) is 9.75. The molecule has 0 radical (unpaired) electrons. The van der Waals surface area contributed by atoms with Gasteiger partial charge in [0, 0.05) is 0 Å². The molecule has 0 aliphatic rings. The highest BCUT2D eigenvalue weighted by Crippen LogP contribution is 2.53. The van der Waals surface area contributed by atoms with Crippen LogP contribution in [0.3, 0.4) is 0 Å². The average molecular weight is 619 g/mol. The van der Waals surface area contributed by atoms with Gasteiger partial charge in [0.25, 0.3) is 0 Å². The number of rotatable bonds is 26. The summed E-state index contributed by atoms with van der Waals surface area (Å²) < 4.78 is 12.0. The zero-order valence-corrected chi connectivity index (χ0v) is 28.9. The molecule has 0 fully saturated rings. The molecule has 5 heteroatoms. The lowest BCUT2D eigenvalue weighted by Gasteiger charge is -2.19. The predicted octanol–water partition coefficient (Wildman–Crippen LogP) is 13.2. The van der Waals surface area contributed by atoms with E-state index >= 15 is 0 Å². The highest BCUT2D eigenvalue weighted by molar-refractivity contribution is 8.60. The summed E-state index contributed by atoms with van der Waals surface area (Å²) in [5.74, 6) is 1.46. The Bertz CT molecular complexity index is 856. The van der Waals surface area contributed by atoms with Crippen molar-refractivity contribution in [3.05, 3.63) is 59.7 Å². The SMILES string of the molecule is CCCCCCCCCCCCc1ccc(OP(=S)(S)Oc2ccc(CCCCCCCCCCCC)cc2)cc1. The van der Waals surface area contributed by atoms with E-state index in [1.54, 1.807) is 0 Å². The first-order valence-electron chi connectivity index (χ1n) is 16.9. The van der Waals surface area contributed by atoms with Gasteiger partial charge < -0.3 is 9.05 Å². The first-order valence-corrected chi connectivity index (χ1v) is 20.7. The Balaban J connectivity index is 1.58. The lowest BCUT2D eigenvalue weighted by molar-refractivity contribution is 0.506. The molecular formula is C36H59O2PS2. The molecule has 2 aromatic rings. The average Bonchev–Trinajstić information content (AvgIpc) is 2.96. The quantitative estimate of drug-likeness (QED) is 0.0643. The van der Waals surface area contributed by atoms with Crippen molar-refractivity contribution in [2.75, 3.05) is 0 Å². The molecule has 0 amide bonds.